The summed E-state index contributed by atoms with van der Waals surface area (Å²) in [5.41, 5.74) is 1.65. The van der Waals surface area contributed by atoms with Crippen molar-refractivity contribution in [3.05, 3.63) is 51.8 Å². The summed E-state index contributed by atoms with van der Waals surface area (Å²) in [6.45, 7) is 4.49. The van der Waals surface area contributed by atoms with Gasteiger partial charge in [0.2, 0.25) is 0 Å². The van der Waals surface area contributed by atoms with Crippen LogP contribution in [0.2, 0.25) is 0 Å². The predicted octanol–water partition coefficient (Wildman–Crippen LogP) is 3.38. The lowest BCUT2D eigenvalue weighted by atomic mass is 10.0. The molecule has 0 radical (unpaired) electrons. The zero-order chi connectivity index (χ0) is 23.9. The molecule has 0 spiro atoms. The number of nitrogens with zero attached hydrogens (tertiary/aromatic N) is 2. The quantitative estimate of drug-likeness (QED) is 0.531. The Morgan fingerprint density at radius 3 is 2.64 bits per heavy atom. The minimum Gasteiger partial charge on any atom is -0.465 e. The first-order chi connectivity index (χ1) is 15.7. The summed E-state index contributed by atoms with van der Waals surface area (Å²) in [7, 11) is -2.67. The molecule has 0 saturated carbocycles. The fourth-order valence-electron chi connectivity index (χ4n) is 4.11. The molecule has 0 saturated heterocycles. The third kappa shape index (κ3) is 4.04. The van der Waals surface area contributed by atoms with Crippen molar-refractivity contribution in [2.45, 2.75) is 31.0 Å². The Morgan fingerprint density at radius 1 is 1.24 bits per heavy atom. The number of H-pyrrole nitrogens is 1. The highest BCUT2D eigenvalue weighted by Crippen LogP contribution is 2.38. The SMILES string of the molecule is CCN(CC)S(=O)(=O)c1sc2c(c1C(=O)OC)CCN(C(=O)c1cc3cc(F)ccc3[nH]1)C2. The van der Waals surface area contributed by atoms with Crippen molar-refractivity contribution in [2.24, 2.45) is 0 Å². The molecule has 3 heterocycles. The van der Waals surface area contributed by atoms with Crippen LogP contribution in [0.5, 0.6) is 0 Å². The van der Waals surface area contributed by atoms with Gasteiger partial charge in [0.25, 0.3) is 15.9 Å². The van der Waals surface area contributed by atoms with Gasteiger partial charge in [0, 0.05) is 35.4 Å². The number of carbonyl (C=O) groups is 2. The lowest BCUT2D eigenvalue weighted by Crippen LogP contribution is -2.36. The van der Waals surface area contributed by atoms with E-state index < -0.39 is 16.0 Å². The van der Waals surface area contributed by atoms with E-state index in [0.29, 0.717) is 40.0 Å². The van der Waals surface area contributed by atoms with Crippen LogP contribution in [0.25, 0.3) is 10.9 Å². The van der Waals surface area contributed by atoms with Gasteiger partial charge in [-0.1, -0.05) is 13.8 Å². The summed E-state index contributed by atoms with van der Waals surface area (Å²) < 4.78 is 46.1. The number of rotatable bonds is 6. The number of hydrogen-bond donors (Lipinski definition) is 1. The molecule has 3 aromatic rings. The van der Waals surface area contributed by atoms with Crippen LogP contribution in [0.4, 0.5) is 4.39 Å². The molecule has 8 nitrogen and oxygen atoms in total. The van der Waals surface area contributed by atoms with Crippen LogP contribution in [-0.4, -0.2) is 61.2 Å². The average molecular weight is 494 g/mol. The van der Waals surface area contributed by atoms with Crippen LogP contribution in [0.1, 0.15) is 45.1 Å². The molecule has 0 atom stereocenters. The Hall–Kier alpha value is -2.76. The van der Waals surface area contributed by atoms with E-state index in [1.807, 2.05) is 0 Å². The van der Waals surface area contributed by atoms with Gasteiger partial charge in [-0.15, -0.1) is 11.3 Å². The van der Waals surface area contributed by atoms with Crippen molar-refractivity contribution >= 4 is 44.1 Å². The van der Waals surface area contributed by atoms with Crippen molar-refractivity contribution in [1.82, 2.24) is 14.2 Å². The molecule has 2 aromatic heterocycles. The molecule has 0 fully saturated rings. The third-order valence-corrected chi connectivity index (χ3v) is 9.56. The molecular weight excluding hydrogens is 469 g/mol. The van der Waals surface area contributed by atoms with Crippen LogP contribution >= 0.6 is 11.3 Å². The maximum Gasteiger partial charge on any atom is 0.340 e. The summed E-state index contributed by atoms with van der Waals surface area (Å²) in [6, 6.07) is 5.84. The second-order valence-corrected chi connectivity index (χ2v) is 10.9. The number of hydrogen-bond acceptors (Lipinski definition) is 6. The number of aromatic amines is 1. The topological polar surface area (TPSA) is 99.8 Å². The molecule has 176 valence electrons. The van der Waals surface area contributed by atoms with Gasteiger partial charge >= 0.3 is 5.97 Å². The average Bonchev–Trinajstić information content (AvgIpc) is 3.39. The van der Waals surface area contributed by atoms with Crippen molar-refractivity contribution in [2.75, 3.05) is 26.7 Å². The molecule has 1 N–H and O–H groups in total. The van der Waals surface area contributed by atoms with Crippen LogP contribution < -0.4 is 0 Å². The maximum atomic E-state index is 13.5. The molecule has 1 aromatic carbocycles. The Morgan fingerprint density at radius 2 is 1.97 bits per heavy atom. The second kappa shape index (κ2) is 8.88. The molecule has 0 unspecified atom stereocenters. The van der Waals surface area contributed by atoms with Crippen molar-refractivity contribution in [3.63, 3.8) is 0 Å². The van der Waals surface area contributed by atoms with Gasteiger partial charge in [-0.25, -0.2) is 17.6 Å². The summed E-state index contributed by atoms with van der Waals surface area (Å²) in [5, 5.41) is 0.591. The minimum atomic E-state index is -3.89. The van der Waals surface area contributed by atoms with E-state index in [1.54, 1.807) is 30.9 Å². The lowest BCUT2D eigenvalue weighted by molar-refractivity contribution is 0.0595. The molecule has 4 rings (SSSR count). The summed E-state index contributed by atoms with van der Waals surface area (Å²) in [6.07, 6.45) is 0.324. The predicted molar refractivity (Wildman–Crippen MR) is 122 cm³/mol. The summed E-state index contributed by atoms with van der Waals surface area (Å²) in [4.78, 5) is 30.9. The number of ether oxygens (including phenoxy) is 1. The highest BCUT2D eigenvalue weighted by molar-refractivity contribution is 7.91. The number of amides is 1. The molecule has 1 aliphatic heterocycles. The lowest BCUT2D eigenvalue weighted by Gasteiger charge is -2.26. The molecule has 0 aliphatic carbocycles. The monoisotopic (exact) mass is 493 g/mol. The van der Waals surface area contributed by atoms with Gasteiger partial charge in [0.15, 0.2) is 0 Å². The minimum absolute atomic E-state index is 0.0431. The number of fused-ring (bicyclic) bond motifs is 2. The number of thiophene rings is 1. The molecule has 11 heteroatoms. The number of methoxy groups -OCH3 is 1. The summed E-state index contributed by atoms with van der Waals surface area (Å²) in [5.74, 6) is -1.37. The molecule has 33 heavy (non-hydrogen) atoms. The van der Waals surface area contributed by atoms with Crippen molar-refractivity contribution in [1.29, 1.82) is 0 Å². The van der Waals surface area contributed by atoms with E-state index in [2.05, 4.69) is 4.98 Å². The van der Waals surface area contributed by atoms with Crippen LogP contribution in [-0.2, 0) is 27.7 Å². The van der Waals surface area contributed by atoms with E-state index in [1.165, 1.54) is 23.5 Å². The number of nitrogens with one attached hydrogen (secondary N) is 1. The Balaban J connectivity index is 1.70. The zero-order valence-corrected chi connectivity index (χ0v) is 20.1. The molecular formula is C22H24FN3O5S2. The largest absolute Gasteiger partial charge is 0.465 e. The van der Waals surface area contributed by atoms with Gasteiger partial charge in [-0.05, 0) is 36.2 Å². The molecule has 0 bridgehead atoms. The highest BCUT2D eigenvalue weighted by Gasteiger charge is 2.37. The smallest absolute Gasteiger partial charge is 0.340 e. The fourth-order valence-corrected chi connectivity index (χ4v) is 7.61. The van der Waals surface area contributed by atoms with E-state index >= 15 is 0 Å². The highest BCUT2D eigenvalue weighted by atomic mass is 32.2. The van der Waals surface area contributed by atoms with Crippen LogP contribution in [0, 0.1) is 5.82 Å². The van der Waals surface area contributed by atoms with Crippen molar-refractivity contribution < 1.29 is 27.1 Å². The Kier molecular flexibility index (Phi) is 6.30. The number of aromatic nitrogens is 1. The van der Waals surface area contributed by atoms with Gasteiger partial charge in [-0.3, -0.25) is 4.79 Å². The number of halogens is 1. The standard InChI is InChI=1S/C22H24FN3O5S2/c1-4-26(5-2)33(29,30)22-19(21(28)31-3)15-8-9-25(12-18(15)32-22)20(27)17-11-13-10-14(23)6-7-16(13)24-17/h6-7,10-11,24H,4-5,8-9,12H2,1-3H3. The Labute approximate surface area is 195 Å². The normalized spacial score (nSPS) is 14.0. The number of esters is 1. The number of carbonyl (C=O) groups excluding carboxylic acids is 2. The first-order valence-corrected chi connectivity index (χ1v) is 12.8. The first-order valence-electron chi connectivity index (χ1n) is 10.5. The van der Waals surface area contributed by atoms with Gasteiger partial charge in [-0.2, -0.15) is 4.31 Å². The van der Waals surface area contributed by atoms with Gasteiger partial charge in [0.1, 0.15) is 15.7 Å². The zero-order valence-electron chi connectivity index (χ0n) is 18.5. The number of sulfonamides is 1. The third-order valence-electron chi connectivity index (χ3n) is 5.79. The van der Waals surface area contributed by atoms with Gasteiger partial charge < -0.3 is 14.6 Å². The van der Waals surface area contributed by atoms with Crippen LogP contribution in [0.3, 0.4) is 0 Å². The second-order valence-electron chi connectivity index (χ2n) is 7.64. The van der Waals surface area contributed by atoms with E-state index in [9.17, 15) is 22.4 Å². The summed E-state index contributed by atoms with van der Waals surface area (Å²) >= 11 is 1.01. The van der Waals surface area contributed by atoms with E-state index in [0.717, 1.165) is 11.3 Å². The first kappa shape index (κ1) is 23.4. The molecule has 1 amide bonds. The fraction of sp³-hybridized carbons (Fsp3) is 0.364. The Bertz CT molecular complexity index is 1340. The van der Waals surface area contributed by atoms with Gasteiger partial charge in [0.05, 0.1) is 19.2 Å². The molecule has 1 aliphatic rings. The number of benzene rings is 1. The van der Waals surface area contributed by atoms with E-state index in [4.69, 9.17) is 4.74 Å². The maximum absolute atomic E-state index is 13.5. The van der Waals surface area contributed by atoms with Crippen LogP contribution in [0.15, 0.2) is 28.5 Å². The van der Waals surface area contributed by atoms with E-state index in [-0.39, 0.29) is 41.1 Å². The van der Waals surface area contributed by atoms with Crippen molar-refractivity contribution in [3.8, 4) is 0 Å².